The van der Waals surface area contributed by atoms with Gasteiger partial charge < -0.3 is 4.74 Å². The summed E-state index contributed by atoms with van der Waals surface area (Å²) in [5.74, 6) is 0. The van der Waals surface area contributed by atoms with E-state index >= 15 is 0 Å². The Morgan fingerprint density at radius 2 is 2.25 bits per heavy atom. The molecule has 0 saturated heterocycles. The summed E-state index contributed by atoms with van der Waals surface area (Å²) in [5, 5.41) is 0.848. The smallest absolute Gasteiger partial charge is 0.0941 e. The minimum absolute atomic E-state index is 0.0259. The van der Waals surface area contributed by atoms with E-state index in [1.165, 1.54) is 5.57 Å². The molecule has 2 rings (SSSR count). The van der Waals surface area contributed by atoms with Crippen LogP contribution in [0.2, 0.25) is 0 Å². The molecule has 0 unspecified atom stereocenters. The van der Waals surface area contributed by atoms with Gasteiger partial charge in [-0.15, -0.1) is 0 Å². The van der Waals surface area contributed by atoms with Gasteiger partial charge in [0.1, 0.15) is 0 Å². The van der Waals surface area contributed by atoms with Crippen molar-refractivity contribution in [1.29, 1.82) is 0 Å². The topological polar surface area (TPSA) is 9.23 Å². The van der Waals surface area contributed by atoms with Gasteiger partial charge in [0, 0.05) is 12.1 Å². The summed E-state index contributed by atoms with van der Waals surface area (Å²) in [4.78, 5) is 0. The molecule has 0 spiro atoms. The van der Waals surface area contributed by atoms with Crippen molar-refractivity contribution in [3.05, 3.63) is 29.2 Å². The Bertz CT molecular complexity index is 249. The van der Waals surface area contributed by atoms with Gasteiger partial charge in [0.2, 0.25) is 0 Å². The van der Waals surface area contributed by atoms with Gasteiger partial charge in [-0.25, -0.2) is 0 Å². The van der Waals surface area contributed by atoms with Gasteiger partial charge in [0.15, 0.2) is 0 Å². The molecule has 1 radical (unpaired) electrons. The highest BCUT2D eigenvalue weighted by Gasteiger charge is 2.47. The molecular weight excluding hydrogens is 172 g/mol. The van der Waals surface area contributed by atoms with E-state index in [2.05, 4.69) is 12.5 Å². The maximum Gasteiger partial charge on any atom is 0.0941 e. The maximum atomic E-state index is 6.07. The quantitative estimate of drug-likeness (QED) is 0.640. The monoisotopic (exact) mass is 183 g/mol. The minimum atomic E-state index is -0.0259. The average Bonchev–Trinajstić information content (AvgIpc) is 2.86. The third kappa shape index (κ3) is 1.21. The molecule has 12 heavy (non-hydrogen) atoms. The third-order valence-electron chi connectivity index (χ3n) is 2.57. The second kappa shape index (κ2) is 2.90. The number of hydrogen-bond acceptors (Lipinski definition) is 1. The molecule has 1 fully saturated rings. The first-order valence-corrected chi connectivity index (χ1v) is 4.61. The van der Waals surface area contributed by atoms with Gasteiger partial charge in [0.05, 0.1) is 5.60 Å². The zero-order valence-electron chi connectivity index (χ0n) is 7.14. The standard InChI is InChI=1S/C10H12ClO/c1-12-10(6-7-10)8-4-2-3-5-9(8)11/h3-5H,2,6-7H2,1H3. The molecule has 2 aliphatic carbocycles. The van der Waals surface area contributed by atoms with E-state index < -0.39 is 0 Å². The van der Waals surface area contributed by atoms with E-state index in [1.807, 2.05) is 6.08 Å². The van der Waals surface area contributed by atoms with Crippen molar-refractivity contribution >= 4 is 11.6 Å². The molecular formula is C10H12ClO. The molecule has 0 aromatic carbocycles. The molecule has 1 saturated carbocycles. The molecule has 65 valence electrons. The van der Waals surface area contributed by atoms with Gasteiger partial charge in [0.25, 0.3) is 0 Å². The van der Waals surface area contributed by atoms with Gasteiger partial charge in [-0.3, -0.25) is 0 Å². The van der Waals surface area contributed by atoms with Crippen LogP contribution in [0.3, 0.4) is 0 Å². The summed E-state index contributed by atoms with van der Waals surface area (Å²) in [6.07, 6.45) is 9.40. The van der Waals surface area contributed by atoms with Crippen LogP contribution < -0.4 is 0 Å². The maximum absolute atomic E-state index is 6.07. The van der Waals surface area contributed by atoms with Crippen LogP contribution in [0.1, 0.15) is 19.3 Å². The molecule has 1 nitrogen and oxygen atoms in total. The van der Waals surface area contributed by atoms with E-state index in [0.717, 1.165) is 24.3 Å². The summed E-state index contributed by atoms with van der Waals surface area (Å²) in [5.41, 5.74) is 1.16. The molecule has 0 aromatic heterocycles. The molecule has 0 bridgehead atoms. The Hall–Kier alpha value is -0.270. The third-order valence-corrected chi connectivity index (χ3v) is 2.89. The van der Waals surface area contributed by atoms with Gasteiger partial charge in [-0.2, -0.15) is 0 Å². The number of hydrogen-bond donors (Lipinski definition) is 0. The minimum Gasteiger partial charge on any atom is -0.373 e. The summed E-state index contributed by atoms with van der Waals surface area (Å²) >= 11 is 6.07. The van der Waals surface area contributed by atoms with Crippen LogP contribution >= 0.6 is 11.6 Å². The molecule has 0 aliphatic heterocycles. The van der Waals surface area contributed by atoms with Crippen LogP contribution in [0.4, 0.5) is 0 Å². The second-order valence-electron chi connectivity index (χ2n) is 3.30. The van der Waals surface area contributed by atoms with Crippen LogP contribution in [0.25, 0.3) is 0 Å². The van der Waals surface area contributed by atoms with Crippen LogP contribution in [0.15, 0.2) is 22.8 Å². The number of allylic oxidation sites excluding steroid dienone is 2. The Kier molecular flexibility index (Phi) is 2.01. The SMILES string of the molecule is COC1(C2=CC[CH]C=C2Cl)CC1. The largest absolute Gasteiger partial charge is 0.373 e. The van der Waals surface area contributed by atoms with E-state index in [1.54, 1.807) is 7.11 Å². The first-order chi connectivity index (χ1) is 5.78. The fourth-order valence-electron chi connectivity index (χ4n) is 1.65. The number of halogens is 1. The van der Waals surface area contributed by atoms with Gasteiger partial charge in [-0.1, -0.05) is 23.8 Å². The molecule has 0 atom stereocenters. The summed E-state index contributed by atoms with van der Waals surface area (Å²) in [7, 11) is 1.76. The van der Waals surface area contributed by atoms with Crippen molar-refractivity contribution in [2.24, 2.45) is 0 Å². The van der Waals surface area contributed by atoms with Crippen molar-refractivity contribution in [3.63, 3.8) is 0 Å². The summed E-state index contributed by atoms with van der Waals surface area (Å²) in [6, 6.07) is 0. The number of ether oxygens (including phenoxy) is 1. The molecule has 0 amide bonds. The zero-order chi connectivity index (χ0) is 8.60. The van der Waals surface area contributed by atoms with E-state index in [9.17, 15) is 0 Å². The lowest BCUT2D eigenvalue weighted by Crippen LogP contribution is -2.16. The average molecular weight is 184 g/mol. The van der Waals surface area contributed by atoms with E-state index in [4.69, 9.17) is 16.3 Å². The molecule has 0 N–H and O–H groups in total. The van der Waals surface area contributed by atoms with Crippen LogP contribution in [-0.2, 0) is 4.74 Å². The second-order valence-corrected chi connectivity index (χ2v) is 3.71. The van der Waals surface area contributed by atoms with E-state index in [0.29, 0.717) is 0 Å². The van der Waals surface area contributed by atoms with Gasteiger partial charge in [-0.05, 0) is 31.3 Å². The summed E-state index contributed by atoms with van der Waals surface area (Å²) < 4.78 is 5.45. The normalized spacial score (nSPS) is 26.2. The highest BCUT2D eigenvalue weighted by molar-refractivity contribution is 6.32. The van der Waals surface area contributed by atoms with Crippen molar-refractivity contribution in [2.45, 2.75) is 24.9 Å². The van der Waals surface area contributed by atoms with Crippen LogP contribution in [0.5, 0.6) is 0 Å². The lowest BCUT2D eigenvalue weighted by molar-refractivity contribution is 0.113. The lowest BCUT2D eigenvalue weighted by Gasteiger charge is -2.19. The first kappa shape index (κ1) is 8.33. The molecule has 2 aliphatic rings. The van der Waals surface area contributed by atoms with Gasteiger partial charge >= 0.3 is 0 Å². The predicted molar refractivity (Wildman–Crippen MR) is 49.9 cm³/mol. The Labute approximate surface area is 78.0 Å². The van der Waals surface area contributed by atoms with Crippen LogP contribution in [0, 0.1) is 6.42 Å². The van der Waals surface area contributed by atoms with Crippen molar-refractivity contribution in [3.8, 4) is 0 Å². The molecule has 2 heteroatoms. The first-order valence-electron chi connectivity index (χ1n) is 4.24. The lowest BCUT2D eigenvalue weighted by atomic mass is 10.0. The molecule has 0 heterocycles. The zero-order valence-corrected chi connectivity index (χ0v) is 7.90. The summed E-state index contributed by atoms with van der Waals surface area (Å²) in [6.45, 7) is 0. The Morgan fingerprint density at radius 1 is 1.50 bits per heavy atom. The number of methoxy groups -OCH3 is 1. The molecule has 0 aromatic rings. The van der Waals surface area contributed by atoms with Crippen molar-refractivity contribution in [2.75, 3.05) is 7.11 Å². The fraction of sp³-hybridized carbons (Fsp3) is 0.500. The Morgan fingerprint density at radius 3 is 2.75 bits per heavy atom. The Balaban J connectivity index is 2.22. The fourth-order valence-corrected chi connectivity index (χ4v) is 1.98. The highest BCUT2D eigenvalue weighted by atomic mass is 35.5. The van der Waals surface area contributed by atoms with E-state index in [-0.39, 0.29) is 5.60 Å². The highest BCUT2D eigenvalue weighted by Crippen LogP contribution is 2.49. The van der Waals surface area contributed by atoms with Crippen LogP contribution in [-0.4, -0.2) is 12.7 Å². The number of rotatable bonds is 2. The van der Waals surface area contributed by atoms with Crippen molar-refractivity contribution in [1.82, 2.24) is 0 Å². The van der Waals surface area contributed by atoms with Crippen molar-refractivity contribution < 1.29 is 4.74 Å². The predicted octanol–water partition coefficient (Wildman–Crippen LogP) is 2.82.